The summed E-state index contributed by atoms with van der Waals surface area (Å²) in [6, 6.07) is 20.2. The summed E-state index contributed by atoms with van der Waals surface area (Å²) < 4.78 is 7.22. The van der Waals surface area contributed by atoms with Gasteiger partial charge < -0.3 is 14.6 Å². The molecular weight excluding hydrogens is 316 g/mol. The van der Waals surface area contributed by atoms with Crippen molar-refractivity contribution < 1.29 is 19.2 Å². The summed E-state index contributed by atoms with van der Waals surface area (Å²) in [5.41, 5.74) is 0.674. The zero-order chi connectivity index (χ0) is 17.4. The van der Waals surface area contributed by atoms with Crippen molar-refractivity contribution in [1.29, 1.82) is 0 Å². The number of para-hydroxylation sites is 2. The molecule has 2 heterocycles. The minimum Gasteiger partial charge on any atom is -0.466 e. The Bertz CT molecular complexity index is 992. The van der Waals surface area contributed by atoms with Crippen LogP contribution in [0.25, 0.3) is 11.0 Å². The van der Waals surface area contributed by atoms with E-state index in [1.165, 1.54) is 6.26 Å². The van der Waals surface area contributed by atoms with Crippen molar-refractivity contribution in [2.45, 2.75) is 11.7 Å². The van der Waals surface area contributed by atoms with Crippen LogP contribution >= 0.6 is 0 Å². The number of fused-ring (bicyclic) bond motifs is 1. The first-order valence-electron chi connectivity index (χ1n) is 8.09. The lowest BCUT2D eigenvalue weighted by atomic mass is 9.86. The average molecular weight is 335 g/mol. The van der Waals surface area contributed by atoms with Crippen LogP contribution in [0.3, 0.4) is 0 Å². The lowest BCUT2D eigenvalue weighted by molar-refractivity contribution is -0.660. The highest BCUT2D eigenvalue weighted by Gasteiger charge is 2.49. The number of aliphatic hydroxyl groups excluding tert-OH is 1. The highest BCUT2D eigenvalue weighted by atomic mass is 16.4. The first-order valence-corrected chi connectivity index (χ1v) is 8.09. The van der Waals surface area contributed by atoms with E-state index in [0.717, 1.165) is 11.0 Å². The number of aryl methyl sites for hydroxylation is 1. The van der Waals surface area contributed by atoms with E-state index in [-0.39, 0.29) is 0 Å². The van der Waals surface area contributed by atoms with Gasteiger partial charge in [-0.15, -0.1) is 0 Å². The summed E-state index contributed by atoms with van der Waals surface area (Å²) in [5.74, 6) is 0.772. The maximum Gasteiger partial charge on any atom is 0.295 e. The van der Waals surface area contributed by atoms with Crippen molar-refractivity contribution in [2.75, 3.05) is 0 Å². The fourth-order valence-electron chi connectivity index (χ4n) is 3.32. The van der Waals surface area contributed by atoms with E-state index in [1.54, 1.807) is 24.3 Å². The van der Waals surface area contributed by atoms with Crippen molar-refractivity contribution >= 4 is 11.0 Å². The summed E-state index contributed by atoms with van der Waals surface area (Å²) in [7, 11) is 1.86. The molecule has 0 spiro atoms. The molecule has 4 rings (SSSR count). The Morgan fingerprint density at radius 1 is 1.00 bits per heavy atom. The molecule has 0 aliphatic carbocycles. The fraction of sp³-hybridized carbons (Fsp3) is 0.150. The predicted octanol–water partition coefficient (Wildman–Crippen LogP) is 2.55. The Labute approximate surface area is 144 Å². The first kappa shape index (κ1) is 15.6. The summed E-state index contributed by atoms with van der Waals surface area (Å²) in [6.07, 6.45) is 0.207. The van der Waals surface area contributed by atoms with E-state index in [9.17, 15) is 10.2 Å². The largest absolute Gasteiger partial charge is 0.466 e. The maximum absolute atomic E-state index is 11.7. The standard InChI is InChI=1S/C20H18N2O3/c1-22-16-11-6-5-10-15(16)21-19(22)20(24,14-8-3-2-4-9-14)18(23)17-12-7-13-25-17/h2-13,18,23-24H,1H3/p+1. The zero-order valence-corrected chi connectivity index (χ0v) is 13.8. The lowest BCUT2D eigenvalue weighted by Crippen LogP contribution is -2.46. The second-order valence-electron chi connectivity index (χ2n) is 6.10. The Kier molecular flexibility index (Phi) is 3.67. The molecule has 5 heteroatoms. The molecule has 2 aromatic heterocycles. The Hall–Kier alpha value is -2.89. The van der Waals surface area contributed by atoms with Crippen LogP contribution < -0.4 is 4.57 Å². The van der Waals surface area contributed by atoms with Crippen LogP contribution in [-0.2, 0) is 12.6 Å². The van der Waals surface area contributed by atoms with E-state index in [4.69, 9.17) is 4.42 Å². The van der Waals surface area contributed by atoms with Crippen LogP contribution in [0, 0.1) is 0 Å². The van der Waals surface area contributed by atoms with Crippen LogP contribution in [0.1, 0.15) is 23.3 Å². The van der Waals surface area contributed by atoms with Gasteiger partial charge in [-0.05, 0) is 29.8 Å². The zero-order valence-electron chi connectivity index (χ0n) is 13.8. The third kappa shape index (κ3) is 2.36. The van der Waals surface area contributed by atoms with Crippen molar-refractivity contribution in [3.63, 3.8) is 0 Å². The number of H-pyrrole nitrogens is 1. The Morgan fingerprint density at radius 2 is 1.72 bits per heavy atom. The maximum atomic E-state index is 11.7. The smallest absolute Gasteiger partial charge is 0.295 e. The molecule has 3 N–H and O–H groups in total. The quantitative estimate of drug-likeness (QED) is 0.502. The van der Waals surface area contributed by atoms with Crippen molar-refractivity contribution in [3.05, 3.63) is 90.1 Å². The number of aliphatic hydroxyl groups is 2. The molecule has 0 fully saturated rings. The Morgan fingerprint density at radius 3 is 2.40 bits per heavy atom. The second-order valence-corrected chi connectivity index (χ2v) is 6.10. The number of hydrogen-bond acceptors (Lipinski definition) is 3. The molecule has 0 saturated heterocycles. The number of aromatic amines is 1. The van der Waals surface area contributed by atoms with Gasteiger partial charge in [0.15, 0.2) is 17.1 Å². The molecule has 0 aliphatic rings. The number of nitrogens with one attached hydrogen (secondary N) is 1. The summed E-state index contributed by atoms with van der Waals surface area (Å²) in [4.78, 5) is 3.26. The topological polar surface area (TPSA) is 73.3 Å². The van der Waals surface area contributed by atoms with Gasteiger partial charge in [0.1, 0.15) is 5.76 Å². The van der Waals surface area contributed by atoms with Gasteiger partial charge in [-0.2, -0.15) is 0 Å². The number of benzene rings is 2. The van der Waals surface area contributed by atoms with Gasteiger partial charge in [-0.3, -0.25) is 0 Å². The molecular formula is C20H19N2O3+. The van der Waals surface area contributed by atoms with E-state index in [1.807, 2.05) is 54.1 Å². The molecule has 126 valence electrons. The van der Waals surface area contributed by atoms with Gasteiger partial charge in [-0.25, -0.2) is 9.55 Å². The number of aromatic nitrogens is 2. The summed E-state index contributed by atoms with van der Waals surface area (Å²) in [6.45, 7) is 0. The van der Waals surface area contributed by atoms with Gasteiger partial charge in [0, 0.05) is 0 Å². The minimum absolute atomic E-state index is 0.296. The Balaban J connectivity index is 1.98. The third-order valence-corrected chi connectivity index (χ3v) is 4.64. The van der Waals surface area contributed by atoms with Gasteiger partial charge in [0.25, 0.3) is 5.82 Å². The van der Waals surface area contributed by atoms with Crippen molar-refractivity contribution in [3.8, 4) is 0 Å². The molecule has 0 saturated carbocycles. The highest BCUT2D eigenvalue weighted by molar-refractivity contribution is 5.71. The van der Waals surface area contributed by atoms with E-state index in [2.05, 4.69) is 4.98 Å². The molecule has 2 atom stereocenters. The van der Waals surface area contributed by atoms with E-state index >= 15 is 0 Å². The van der Waals surface area contributed by atoms with Crippen LogP contribution in [0.2, 0.25) is 0 Å². The monoisotopic (exact) mass is 335 g/mol. The van der Waals surface area contributed by atoms with Crippen LogP contribution in [0.4, 0.5) is 0 Å². The number of imidazole rings is 1. The molecule has 0 amide bonds. The molecule has 0 radical (unpaired) electrons. The van der Waals surface area contributed by atoms with Gasteiger partial charge in [0.2, 0.25) is 5.60 Å². The fourth-order valence-corrected chi connectivity index (χ4v) is 3.32. The van der Waals surface area contributed by atoms with Gasteiger partial charge in [-0.1, -0.05) is 42.5 Å². The summed E-state index contributed by atoms with van der Waals surface area (Å²) >= 11 is 0. The lowest BCUT2D eigenvalue weighted by Gasteiger charge is -2.28. The molecule has 2 unspecified atom stereocenters. The molecule has 25 heavy (non-hydrogen) atoms. The first-order chi connectivity index (χ1) is 12.1. The molecule has 2 aromatic carbocycles. The number of furan rings is 1. The summed E-state index contributed by atoms with van der Waals surface area (Å²) in [5, 5.41) is 22.7. The molecule has 4 aromatic rings. The second kappa shape index (κ2) is 5.88. The van der Waals surface area contributed by atoms with Crippen molar-refractivity contribution in [1.82, 2.24) is 4.98 Å². The SMILES string of the molecule is C[n+]1c(C(O)(c2ccccc2)C(O)c2ccco2)[nH]c2ccccc21. The van der Waals surface area contributed by atoms with E-state index < -0.39 is 11.7 Å². The number of nitrogens with zero attached hydrogens (tertiary/aromatic N) is 1. The van der Waals surface area contributed by atoms with Gasteiger partial charge >= 0.3 is 0 Å². The van der Waals surface area contributed by atoms with Crippen LogP contribution in [0.15, 0.2) is 77.4 Å². The third-order valence-electron chi connectivity index (χ3n) is 4.64. The molecule has 0 aliphatic heterocycles. The highest BCUT2D eigenvalue weighted by Crippen LogP contribution is 2.39. The van der Waals surface area contributed by atoms with Gasteiger partial charge in [0.05, 0.1) is 13.3 Å². The van der Waals surface area contributed by atoms with Crippen LogP contribution in [-0.4, -0.2) is 15.2 Å². The van der Waals surface area contributed by atoms with Crippen molar-refractivity contribution in [2.24, 2.45) is 7.05 Å². The molecule has 0 bridgehead atoms. The number of hydrogen-bond donors (Lipinski definition) is 3. The van der Waals surface area contributed by atoms with Crippen LogP contribution in [0.5, 0.6) is 0 Å². The normalized spacial score (nSPS) is 15.2. The molecule has 5 nitrogen and oxygen atoms in total. The predicted molar refractivity (Wildman–Crippen MR) is 92.6 cm³/mol. The minimum atomic E-state index is -1.70. The average Bonchev–Trinajstić information content (AvgIpc) is 3.30. The van der Waals surface area contributed by atoms with E-state index in [0.29, 0.717) is 17.1 Å². The number of rotatable bonds is 4.